The number of hydrogen-bond acceptors (Lipinski definition) is 7. The van der Waals surface area contributed by atoms with Gasteiger partial charge >= 0.3 is 0 Å². The number of aromatic nitrogens is 4. The summed E-state index contributed by atoms with van der Waals surface area (Å²) in [6.45, 7) is 4.10. The molecule has 7 nitrogen and oxygen atoms in total. The van der Waals surface area contributed by atoms with E-state index in [2.05, 4.69) is 50.7 Å². The number of nitrogens with one attached hydrogen (secondary N) is 1. The molecule has 1 aliphatic rings. The van der Waals surface area contributed by atoms with Crippen LogP contribution in [-0.2, 0) is 0 Å². The molecule has 1 fully saturated rings. The molecule has 1 saturated heterocycles. The SMILES string of the molecule is Cc1nn2c(nc(N3CCCCCC3)c3ccccc32)c1/C=N/Nc1nc2ccccc2s1. The molecule has 1 N–H and O–H groups in total. The number of anilines is 2. The van der Waals surface area contributed by atoms with E-state index in [0.717, 1.165) is 62.1 Å². The fourth-order valence-corrected chi connectivity index (χ4v) is 5.37. The van der Waals surface area contributed by atoms with Crippen molar-refractivity contribution in [2.24, 2.45) is 5.10 Å². The van der Waals surface area contributed by atoms with Crippen molar-refractivity contribution in [2.45, 2.75) is 32.6 Å². The molecule has 0 saturated carbocycles. The minimum absolute atomic E-state index is 0.769. The molecule has 0 amide bonds. The molecule has 166 valence electrons. The summed E-state index contributed by atoms with van der Waals surface area (Å²) in [5.41, 5.74) is 7.79. The predicted octanol–water partition coefficient (Wildman–Crippen LogP) is 5.63. The van der Waals surface area contributed by atoms with E-state index in [-0.39, 0.29) is 0 Å². The average Bonchev–Trinajstić information content (AvgIpc) is 3.27. The van der Waals surface area contributed by atoms with Crippen molar-refractivity contribution in [2.75, 3.05) is 23.4 Å². The van der Waals surface area contributed by atoms with Gasteiger partial charge in [0.05, 0.1) is 33.2 Å². The van der Waals surface area contributed by atoms with Crippen molar-refractivity contribution in [1.82, 2.24) is 19.6 Å². The van der Waals surface area contributed by atoms with E-state index in [4.69, 9.17) is 10.1 Å². The van der Waals surface area contributed by atoms with Gasteiger partial charge in [-0.2, -0.15) is 10.2 Å². The summed E-state index contributed by atoms with van der Waals surface area (Å²) in [7, 11) is 0. The van der Waals surface area contributed by atoms with Gasteiger partial charge in [0.2, 0.25) is 5.13 Å². The maximum absolute atomic E-state index is 5.14. The molecule has 2 aromatic carbocycles. The van der Waals surface area contributed by atoms with Crippen LogP contribution in [0.3, 0.4) is 0 Å². The van der Waals surface area contributed by atoms with Crippen LogP contribution in [0.1, 0.15) is 36.9 Å². The monoisotopic (exact) mass is 455 g/mol. The maximum atomic E-state index is 5.14. The Morgan fingerprint density at radius 3 is 2.61 bits per heavy atom. The first-order valence-electron chi connectivity index (χ1n) is 11.5. The molecule has 0 aliphatic carbocycles. The summed E-state index contributed by atoms with van der Waals surface area (Å²) in [5.74, 6) is 1.05. The van der Waals surface area contributed by atoms with Crippen LogP contribution >= 0.6 is 11.3 Å². The van der Waals surface area contributed by atoms with Crippen LogP contribution in [0.2, 0.25) is 0 Å². The third-order valence-electron chi connectivity index (χ3n) is 6.22. The molecule has 0 unspecified atom stereocenters. The van der Waals surface area contributed by atoms with E-state index in [0.29, 0.717) is 0 Å². The van der Waals surface area contributed by atoms with E-state index >= 15 is 0 Å². The van der Waals surface area contributed by atoms with Crippen LogP contribution in [0.25, 0.3) is 26.8 Å². The molecule has 0 radical (unpaired) electrons. The highest BCUT2D eigenvalue weighted by Gasteiger charge is 2.19. The largest absolute Gasteiger partial charge is 0.356 e. The summed E-state index contributed by atoms with van der Waals surface area (Å²) in [5, 5.41) is 11.2. The highest BCUT2D eigenvalue weighted by atomic mass is 32.1. The van der Waals surface area contributed by atoms with Crippen molar-refractivity contribution >= 4 is 55.3 Å². The predicted molar refractivity (Wildman–Crippen MR) is 137 cm³/mol. The van der Waals surface area contributed by atoms with Crippen LogP contribution in [0.15, 0.2) is 53.6 Å². The van der Waals surface area contributed by atoms with Crippen LogP contribution in [0.4, 0.5) is 10.9 Å². The summed E-state index contributed by atoms with van der Waals surface area (Å²) in [6, 6.07) is 16.5. The zero-order valence-corrected chi connectivity index (χ0v) is 19.3. The second kappa shape index (κ2) is 8.44. The van der Waals surface area contributed by atoms with Crippen LogP contribution in [0, 0.1) is 6.92 Å². The zero-order chi connectivity index (χ0) is 22.2. The number of thiazole rings is 1. The number of nitrogens with zero attached hydrogens (tertiary/aromatic N) is 6. The van der Waals surface area contributed by atoms with Crippen molar-refractivity contribution in [3.05, 3.63) is 59.8 Å². The molecule has 8 heteroatoms. The van der Waals surface area contributed by atoms with Gasteiger partial charge in [-0.25, -0.2) is 14.5 Å². The lowest BCUT2D eigenvalue weighted by Crippen LogP contribution is -2.25. The second-order valence-electron chi connectivity index (χ2n) is 8.45. The Hall–Kier alpha value is -3.52. The average molecular weight is 456 g/mol. The van der Waals surface area contributed by atoms with Gasteiger partial charge in [-0.3, -0.25) is 5.43 Å². The third-order valence-corrected chi connectivity index (χ3v) is 7.16. The van der Waals surface area contributed by atoms with Gasteiger partial charge in [0.25, 0.3) is 0 Å². The lowest BCUT2D eigenvalue weighted by Gasteiger charge is -2.23. The van der Waals surface area contributed by atoms with Crippen molar-refractivity contribution in [3.8, 4) is 0 Å². The fourth-order valence-electron chi connectivity index (χ4n) is 4.56. The van der Waals surface area contributed by atoms with E-state index in [9.17, 15) is 0 Å². The Balaban J connectivity index is 1.41. The summed E-state index contributed by atoms with van der Waals surface area (Å²) < 4.78 is 3.09. The van der Waals surface area contributed by atoms with E-state index in [1.54, 1.807) is 11.3 Å². The fraction of sp³-hybridized carbons (Fsp3) is 0.280. The molecule has 0 bridgehead atoms. The molecule has 0 spiro atoms. The van der Waals surface area contributed by atoms with Gasteiger partial charge in [0, 0.05) is 18.5 Å². The molecular formula is C25H25N7S. The summed E-state index contributed by atoms with van der Waals surface area (Å²) >= 11 is 1.59. The number of hydrogen-bond donors (Lipinski definition) is 1. The standard InChI is InChI=1S/C25H25N7S/c1-17-19(16-26-29-25-27-20-11-5-7-13-22(20)33-25)24-28-23(31-14-8-2-3-9-15-31)18-10-4-6-12-21(18)32(24)30-17/h4-7,10-13,16H,2-3,8-9,14-15H2,1H3,(H,27,29)/b26-16+. The third kappa shape index (κ3) is 3.70. The topological polar surface area (TPSA) is 70.7 Å². The Bertz CT molecular complexity index is 1440. The number of hydrazone groups is 1. The second-order valence-corrected chi connectivity index (χ2v) is 9.48. The lowest BCUT2D eigenvalue weighted by atomic mass is 10.2. The molecule has 1 aliphatic heterocycles. The van der Waals surface area contributed by atoms with Crippen LogP contribution in [-0.4, -0.2) is 38.9 Å². The normalized spacial score (nSPS) is 15.1. The quantitative estimate of drug-likeness (QED) is 0.281. The van der Waals surface area contributed by atoms with Crippen molar-refractivity contribution in [3.63, 3.8) is 0 Å². The van der Waals surface area contributed by atoms with Crippen molar-refractivity contribution < 1.29 is 0 Å². The number of para-hydroxylation sites is 2. The van der Waals surface area contributed by atoms with Crippen LogP contribution < -0.4 is 10.3 Å². The Morgan fingerprint density at radius 1 is 0.970 bits per heavy atom. The van der Waals surface area contributed by atoms with Gasteiger partial charge < -0.3 is 4.90 Å². The Kier molecular flexibility index (Phi) is 5.14. The van der Waals surface area contributed by atoms with Gasteiger partial charge in [0.1, 0.15) is 5.82 Å². The molecular weight excluding hydrogens is 430 g/mol. The lowest BCUT2D eigenvalue weighted by molar-refractivity contribution is 0.726. The number of rotatable bonds is 4. The van der Waals surface area contributed by atoms with E-state index in [1.165, 1.54) is 25.7 Å². The zero-order valence-electron chi connectivity index (χ0n) is 18.5. The number of fused-ring (bicyclic) bond motifs is 4. The first-order valence-corrected chi connectivity index (χ1v) is 12.3. The molecule has 3 aromatic heterocycles. The molecule has 5 aromatic rings. The molecule has 0 atom stereocenters. The Labute approximate surface area is 195 Å². The van der Waals surface area contributed by atoms with E-state index in [1.807, 2.05) is 35.9 Å². The highest BCUT2D eigenvalue weighted by Crippen LogP contribution is 2.30. The minimum Gasteiger partial charge on any atom is -0.356 e. The number of benzene rings is 2. The van der Waals surface area contributed by atoms with Gasteiger partial charge in [-0.15, -0.1) is 0 Å². The first-order chi connectivity index (χ1) is 16.3. The summed E-state index contributed by atoms with van der Waals surface area (Å²) in [4.78, 5) is 12.2. The van der Waals surface area contributed by atoms with Gasteiger partial charge in [-0.1, -0.05) is 48.4 Å². The highest BCUT2D eigenvalue weighted by molar-refractivity contribution is 7.22. The molecule has 6 rings (SSSR count). The molecule has 33 heavy (non-hydrogen) atoms. The van der Waals surface area contributed by atoms with Gasteiger partial charge in [-0.05, 0) is 44.0 Å². The van der Waals surface area contributed by atoms with Crippen molar-refractivity contribution in [1.29, 1.82) is 0 Å². The van der Waals surface area contributed by atoms with E-state index < -0.39 is 0 Å². The Morgan fingerprint density at radius 2 is 1.76 bits per heavy atom. The molecule has 4 heterocycles. The van der Waals surface area contributed by atoms with Crippen LogP contribution in [0.5, 0.6) is 0 Å². The minimum atomic E-state index is 0.769. The number of aryl methyl sites for hydroxylation is 1. The first kappa shape index (κ1) is 20.1. The maximum Gasteiger partial charge on any atom is 0.204 e. The smallest absolute Gasteiger partial charge is 0.204 e. The summed E-state index contributed by atoms with van der Waals surface area (Å²) in [6.07, 6.45) is 6.81. The van der Waals surface area contributed by atoms with Gasteiger partial charge in [0.15, 0.2) is 5.65 Å².